The number of rotatable bonds is 7. The van der Waals surface area contributed by atoms with Crippen LogP contribution in [0.25, 0.3) is 6.08 Å². The molecule has 0 heterocycles. The molecular formula is C24H16Cl3N3O3. The van der Waals surface area contributed by atoms with Crippen molar-refractivity contribution in [2.45, 2.75) is 0 Å². The topological polar surface area (TPSA) is 91.2 Å². The van der Waals surface area contributed by atoms with E-state index in [9.17, 15) is 14.9 Å². The summed E-state index contributed by atoms with van der Waals surface area (Å²) in [6.07, 6.45) is 1.39. The van der Waals surface area contributed by atoms with Crippen molar-refractivity contribution in [2.24, 2.45) is 0 Å². The predicted molar refractivity (Wildman–Crippen MR) is 131 cm³/mol. The first kappa shape index (κ1) is 24.1. The van der Waals surface area contributed by atoms with Crippen LogP contribution in [-0.2, 0) is 9.59 Å². The van der Waals surface area contributed by atoms with E-state index in [-0.39, 0.29) is 23.0 Å². The Balaban J connectivity index is 1.64. The number of carbonyl (C=O) groups excluding carboxylic acids is 2. The molecule has 2 amide bonds. The minimum absolute atomic E-state index is 0.126. The molecule has 0 aromatic heterocycles. The van der Waals surface area contributed by atoms with Crippen molar-refractivity contribution in [2.75, 3.05) is 17.2 Å². The molecule has 0 saturated heterocycles. The fourth-order valence-corrected chi connectivity index (χ4v) is 3.31. The van der Waals surface area contributed by atoms with Gasteiger partial charge in [-0.15, -0.1) is 0 Å². The number of hydrogen-bond acceptors (Lipinski definition) is 4. The van der Waals surface area contributed by atoms with Gasteiger partial charge in [-0.05, 0) is 54.1 Å². The van der Waals surface area contributed by atoms with Gasteiger partial charge in [0.2, 0.25) is 0 Å². The van der Waals surface area contributed by atoms with Crippen LogP contribution < -0.4 is 15.4 Å². The number of benzene rings is 3. The maximum atomic E-state index is 12.4. The van der Waals surface area contributed by atoms with Crippen molar-refractivity contribution < 1.29 is 14.3 Å². The van der Waals surface area contributed by atoms with Crippen LogP contribution in [0.5, 0.6) is 5.75 Å². The van der Waals surface area contributed by atoms with Gasteiger partial charge in [-0.3, -0.25) is 9.59 Å². The monoisotopic (exact) mass is 499 g/mol. The number of nitrogens with zero attached hydrogens (tertiary/aromatic N) is 1. The van der Waals surface area contributed by atoms with E-state index in [0.29, 0.717) is 27.0 Å². The molecule has 3 aromatic carbocycles. The molecule has 2 N–H and O–H groups in total. The Morgan fingerprint density at radius 1 is 0.939 bits per heavy atom. The lowest BCUT2D eigenvalue weighted by molar-refractivity contribution is -0.118. The summed E-state index contributed by atoms with van der Waals surface area (Å²) in [5, 5.41) is 15.7. The standard InChI is InChI=1S/C24H16Cl3N3O3/c25-17-4-3-5-18(12-17)29-24(32)16(13-28)10-15-8-9-22(20(27)11-15)33-14-23(31)30-21-7-2-1-6-19(21)26/h1-12H,14H2,(H,29,32)(H,30,31)/b16-10-. The first-order valence-corrected chi connectivity index (χ1v) is 10.6. The highest BCUT2D eigenvalue weighted by Crippen LogP contribution is 2.27. The molecule has 0 spiro atoms. The summed E-state index contributed by atoms with van der Waals surface area (Å²) >= 11 is 18.2. The van der Waals surface area contributed by atoms with Crippen LogP contribution in [0.2, 0.25) is 15.1 Å². The molecule has 33 heavy (non-hydrogen) atoms. The lowest BCUT2D eigenvalue weighted by atomic mass is 10.1. The zero-order chi connectivity index (χ0) is 23.8. The molecule has 0 saturated carbocycles. The van der Waals surface area contributed by atoms with Gasteiger partial charge >= 0.3 is 0 Å². The number of halogens is 3. The second-order valence-corrected chi connectivity index (χ2v) is 7.89. The summed E-state index contributed by atoms with van der Waals surface area (Å²) in [5.41, 5.74) is 1.31. The third kappa shape index (κ3) is 6.99. The number of amides is 2. The minimum Gasteiger partial charge on any atom is -0.482 e. The summed E-state index contributed by atoms with van der Waals surface area (Å²) in [5.74, 6) is -0.731. The molecule has 0 aliphatic carbocycles. The summed E-state index contributed by atoms with van der Waals surface area (Å²) in [4.78, 5) is 24.5. The van der Waals surface area contributed by atoms with E-state index in [1.165, 1.54) is 12.1 Å². The molecule has 0 aliphatic rings. The smallest absolute Gasteiger partial charge is 0.266 e. The lowest BCUT2D eigenvalue weighted by Crippen LogP contribution is -2.20. The SMILES string of the molecule is N#C/C(=C/c1ccc(OCC(=O)Nc2ccccc2Cl)c(Cl)c1)C(=O)Nc1cccc(Cl)c1. The van der Waals surface area contributed by atoms with Crippen LogP contribution in [0.4, 0.5) is 11.4 Å². The Kier molecular flexibility index (Phi) is 8.34. The number of para-hydroxylation sites is 1. The van der Waals surface area contributed by atoms with Crippen molar-refractivity contribution in [1.29, 1.82) is 5.26 Å². The van der Waals surface area contributed by atoms with E-state index in [2.05, 4.69) is 10.6 Å². The highest BCUT2D eigenvalue weighted by atomic mass is 35.5. The molecule has 9 heteroatoms. The second kappa shape index (κ2) is 11.4. The number of nitrogens with one attached hydrogen (secondary N) is 2. The second-order valence-electron chi connectivity index (χ2n) is 6.64. The van der Waals surface area contributed by atoms with Crippen molar-refractivity contribution in [3.63, 3.8) is 0 Å². The quantitative estimate of drug-likeness (QED) is 0.298. The maximum absolute atomic E-state index is 12.4. The first-order valence-electron chi connectivity index (χ1n) is 9.51. The van der Waals surface area contributed by atoms with Gasteiger partial charge in [-0.2, -0.15) is 5.26 Å². The Bertz CT molecular complexity index is 1270. The largest absolute Gasteiger partial charge is 0.482 e. The van der Waals surface area contributed by atoms with E-state index < -0.39 is 11.8 Å². The Hall–Kier alpha value is -3.50. The summed E-state index contributed by atoms with van der Waals surface area (Å²) in [6.45, 7) is -0.286. The van der Waals surface area contributed by atoms with E-state index in [1.54, 1.807) is 60.7 Å². The number of nitriles is 1. The number of ether oxygens (including phenoxy) is 1. The Labute approximate surface area is 205 Å². The average molecular weight is 501 g/mol. The van der Waals surface area contributed by atoms with Gasteiger partial charge in [0.15, 0.2) is 6.61 Å². The van der Waals surface area contributed by atoms with E-state index in [4.69, 9.17) is 39.5 Å². The fourth-order valence-electron chi connectivity index (χ4n) is 2.70. The third-order valence-corrected chi connectivity index (χ3v) is 5.08. The van der Waals surface area contributed by atoms with Crippen LogP contribution in [0.15, 0.2) is 72.3 Å². The zero-order valence-corrected chi connectivity index (χ0v) is 19.2. The van der Waals surface area contributed by atoms with Crippen molar-refractivity contribution in [1.82, 2.24) is 0 Å². The normalized spacial score (nSPS) is 10.8. The maximum Gasteiger partial charge on any atom is 0.266 e. The number of hydrogen-bond donors (Lipinski definition) is 2. The van der Waals surface area contributed by atoms with Gasteiger partial charge in [-0.1, -0.05) is 59.1 Å². The van der Waals surface area contributed by atoms with E-state index >= 15 is 0 Å². The fraction of sp³-hybridized carbons (Fsp3) is 0.0417. The summed E-state index contributed by atoms with van der Waals surface area (Å²) in [6, 6.07) is 19.9. The average Bonchev–Trinajstić information content (AvgIpc) is 2.78. The van der Waals surface area contributed by atoms with Crippen LogP contribution in [-0.4, -0.2) is 18.4 Å². The number of anilines is 2. The molecule has 3 aromatic rings. The highest BCUT2D eigenvalue weighted by molar-refractivity contribution is 6.33. The van der Waals surface area contributed by atoms with Crippen LogP contribution in [0, 0.1) is 11.3 Å². The minimum atomic E-state index is -0.590. The zero-order valence-electron chi connectivity index (χ0n) is 16.9. The van der Waals surface area contributed by atoms with Gasteiger partial charge < -0.3 is 15.4 Å². The van der Waals surface area contributed by atoms with Crippen molar-refractivity contribution in [3.05, 3.63) is 92.9 Å². The first-order chi connectivity index (χ1) is 15.9. The van der Waals surface area contributed by atoms with Gasteiger partial charge in [0, 0.05) is 10.7 Å². The van der Waals surface area contributed by atoms with Crippen molar-refractivity contribution in [3.8, 4) is 11.8 Å². The molecule has 0 bridgehead atoms. The van der Waals surface area contributed by atoms with E-state index in [0.717, 1.165) is 0 Å². The molecule has 6 nitrogen and oxygen atoms in total. The van der Waals surface area contributed by atoms with Crippen LogP contribution >= 0.6 is 34.8 Å². The molecule has 3 rings (SSSR count). The highest BCUT2D eigenvalue weighted by Gasteiger charge is 2.12. The van der Waals surface area contributed by atoms with Gasteiger partial charge in [-0.25, -0.2) is 0 Å². The third-order valence-electron chi connectivity index (χ3n) is 4.22. The van der Waals surface area contributed by atoms with Crippen LogP contribution in [0.1, 0.15) is 5.56 Å². The predicted octanol–water partition coefficient (Wildman–Crippen LogP) is 6.21. The number of carbonyl (C=O) groups is 2. The lowest BCUT2D eigenvalue weighted by Gasteiger charge is -2.10. The van der Waals surface area contributed by atoms with Gasteiger partial charge in [0.05, 0.1) is 15.7 Å². The molecule has 0 radical (unpaired) electrons. The van der Waals surface area contributed by atoms with Crippen molar-refractivity contribution >= 4 is 64.1 Å². The molecular weight excluding hydrogens is 485 g/mol. The summed E-state index contributed by atoms with van der Waals surface area (Å²) in [7, 11) is 0. The molecule has 0 fully saturated rings. The molecule has 0 aliphatic heterocycles. The molecule has 0 unspecified atom stereocenters. The van der Waals surface area contributed by atoms with Gasteiger partial charge in [0.25, 0.3) is 11.8 Å². The Morgan fingerprint density at radius 3 is 2.42 bits per heavy atom. The van der Waals surface area contributed by atoms with Gasteiger partial charge in [0.1, 0.15) is 17.4 Å². The summed E-state index contributed by atoms with van der Waals surface area (Å²) < 4.78 is 5.47. The molecule has 166 valence electrons. The van der Waals surface area contributed by atoms with Crippen LogP contribution in [0.3, 0.4) is 0 Å². The van der Waals surface area contributed by atoms with E-state index in [1.807, 2.05) is 6.07 Å². The molecule has 0 atom stereocenters. The Morgan fingerprint density at radius 2 is 1.73 bits per heavy atom.